The van der Waals surface area contributed by atoms with Crippen molar-refractivity contribution in [3.63, 3.8) is 0 Å². The molecule has 1 rings (SSSR count). The van der Waals surface area contributed by atoms with Gasteiger partial charge in [-0.15, -0.1) is 0 Å². The summed E-state index contributed by atoms with van der Waals surface area (Å²) in [6.07, 6.45) is 2.03. The van der Waals surface area contributed by atoms with Crippen LogP contribution in [0.4, 0.5) is 0 Å². The maximum absolute atomic E-state index is 11.9. The van der Waals surface area contributed by atoms with Crippen molar-refractivity contribution in [3.8, 4) is 0 Å². The molecule has 0 bridgehead atoms. The second-order valence-electron chi connectivity index (χ2n) is 6.11. The van der Waals surface area contributed by atoms with Crippen LogP contribution in [-0.4, -0.2) is 64.5 Å². The highest BCUT2D eigenvalue weighted by Crippen LogP contribution is 2.03. The molecule has 0 heterocycles. The molecule has 0 unspecified atom stereocenters. The van der Waals surface area contributed by atoms with E-state index in [0.717, 1.165) is 18.4 Å². The van der Waals surface area contributed by atoms with E-state index in [-0.39, 0.29) is 18.4 Å². The number of hydrogen-bond donors (Lipinski definition) is 2. The lowest BCUT2D eigenvalue weighted by molar-refractivity contribution is -0.126. The van der Waals surface area contributed by atoms with Crippen LogP contribution in [0.25, 0.3) is 0 Å². The number of hydrogen-bond acceptors (Lipinski definition) is 5. The lowest BCUT2D eigenvalue weighted by atomic mass is 10.1. The molecular weight excluding hydrogens is 348 g/mol. The molecule has 0 fully saturated rings. The second kappa shape index (κ2) is 15.1. The topological polar surface area (TPSA) is 85.9 Å². The van der Waals surface area contributed by atoms with Gasteiger partial charge >= 0.3 is 0 Å². The molecule has 0 saturated heterocycles. The molecule has 2 amide bonds. The zero-order valence-corrected chi connectivity index (χ0v) is 16.4. The van der Waals surface area contributed by atoms with Crippen LogP contribution in [-0.2, 0) is 19.0 Å². The third-order valence-corrected chi connectivity index (χ3v) is 3.64. The predicted molar refractivity (Wildman–Crippen MR) is 104 cm³/mol. The lowest BCUT2D eigenvalue weighted by Gasteiger charge is -2.08. The zero-order chi connectivity index (χ0) is 19.7. The molecule has 152 valence electrons. The summed E-state index contributed by atoms with van der Waals surface area (Å²) in [5, 5.41) is 5.59. The first-order valence-electron chi connectivity index (χ1n) is 9.48. The molecule has 7 nitrogen and oxygen atoms in total. The molecule has 0 spiro atoms. The monoisotopic (exact) mass is 380 g/mol. The number of benzene rings is 1. The van der Waals surface area contributed by atoms with Crippen molar-refractivity contribution in [2.75, 3.05) is 52.7 Å². The summed E-state index contributed by atoms with van der Waals surface area (Å²) in [7, 11) is 0. The summed E-state index contributed by atoms with van der Waals surface area (Å²) in [5.41, 5.74) is 1.70. The minimum atomic E-state index is -0.102. The molecule has 0 saturated carbocycles. The number of carbonyl (C=O) groups is 2. The molecule has 0 aromatic heterocycles. The number of rotatable bonds is 15. The lowest BCUT2D eigenvalue weighted by Crippen LogP contribution is -2.29. The van der Waals surface area contributed by atoms with Gasteiger partial charge in [0.25, 0.3) is 5.91 Å². The van der Waals surface area contributed by atoms with Crippen LogP contribution in [0.1, 0.15) is 35.7 Å². The Morgan fingerprint density at radius 2 is 1.63 bits per heavy atom. The van der Waals surface area contributed by atoms with Crippen molar-refractivity contribution < 1.29 is 23.8 Å². The van der Waals surface area contributed by atoms with E-state index in [1.807, 2.05) is 25.1 Å². The van der Waals surface area contributed by atoms with Crippen molar-refractivity contribution in [1.82, 2.24) is 10.6 Å². The summed E-state index contributed by atoms with van der Waals surface area (Å²) < 4.78 is 16.0. The van der Waals surface area contributed by atoms with Crippen molar-refractivity contribution in [3.05, 3.63) is 35.4 Å². The van der Waals surface area contributed by atoms with Crippen LogP contribution < -0.4 is 10.6 Å². The van der Waals surface area contributed by atoms with Gasteiger partial charge in [-0.3, -0.25) is 9.59 Å². The van der Waals surface area contributed by atoms with Gasteiger partial charge in [0.15, 0.2) is 0 Å². The van der Waals surface area contributed by atoms with E-state index in [2.05, 4.69) is 17.6 Å². The van der Waals surface area contributed by atoms with E-state index in [0.29, 0.717) is 51.7 Å². The predicted octanol–water partition coefficient (Wildman–Crippen LogP) is 1.69. The minimum Gasteiger partial charge on any atom is -0.377 e. The fourth-order valence-electron chi connectivity index (χ4n) is 2.19. The Hall–Kier alpha value is -1.96. The second-order valence-corrected chi connectivity index (χ2v) is 6.11. The van der Waals surface area contributed by atoms with Gasteiger partial charge in [0.1, 0.15) is 6.61 Å². The van der Waals surface area contributed by atoms with Gasteiger partial charge < -0.3 is 24.8 Å². The number of ether oxygens (including phenoxy) is 3. The molecule has 7 heteroatoms. The molecule has 0 radical (unpaired) electrons. The Kier molecular flexibility index (Phi) is 12.9. The molecular formula is C20H32N2O5. The van der Waals surface area contributed by atoms with E-state index >= 15 is 0 Å². The number of aryl methyl sites for hydroxylation is 1. The van der Waals surface area contributed by atoms with E-state index in [9.17, 15) is 9.59 Å². The van der Waals surface area contributed by atoms with Gasteiger partial charge in [-0.2, -0.15) is 0 Å². The Morgan fingerprint density at radius 3 is 2.33 bits per heavy atom. The number of carbonyl (C=O) groups excluding carboxylic acids is 2. The van der Waals surface area contributed by atoms with Crippen molar-refractivity contribution in [2.45, 2.75) is 26.7 Å². The fourth-order valence-corrected chi connectivity index (χ4v) is 2.19. The Bertz CT molecular complexity index is 551. The average molecular weight is 380 g/mol. The third-order valence-electron chi connectivity index (χ3n) is 3.64. The maximum atomic E-state index is 11.9. The average Bonchev–Trinajstić information content (AvgIpc) is 2.66. The van der Waals surface area contributed by atoms with Crippen molar-refractivity contribution >= 4 is 11.8 Å². The summed E-state index contributed by atoms with van der Waals surface area (Å²) >= 11 is 0. The minimum absolute atomic E-state index is 0.0597. The Morgan fingerprint density at radius 1 is 0.926 bits per heavy atom. The summed E-state index contributed by atoms with van der Waals surface area (Å²) in [4.78, 5) is 23.3. The summed E-state index contributed by atoms with van der Waals surface area (Å²) in [5.74, 6) is -0.200. The van der Waals surface area contributed by atoms with Crippen molar-refractivity contribution in [2.24, 2.45) is 0 Å². The van der Waals surface area contributed by atoms with Crippen molar-refractivity contribution in [1.29, 1.82) is 0 Å². The SMILES string of the molecule is CCCCNC(=O)COCCOCCOCCNC(=O)c1cccc(C)c1. The Labute approximate surface area is 161 Å². The molecule has 1 aromatic rings. The molecule has 0 aliphatic carbocycles. The number of unbranched alkanes of at least 4 members (excludes halogenated alkanes) is 1. The molecule has 27 heavy (non-hydrogen) atoms. The van der Waals surface area contributed by atoms with Crippen LogP contribution >= 0.6 is 0 Å². The van der Waals surface area contributed by atoms with E-state index in [4.69, 9.17) is 14.2 Å². The number of amides is 2. The first kappa shape index (κ1) is 23.1. The highest BCUT2D eigenvalue weighted by atomic mass is 16.5. The molecule has 0 atom stereocenters. The fraction of sp³-hybridized carbons (Fsp3) is 0.600. The van der Waals surface area contributed by atoms with Gasteiger partial charge in [0, 0.05) is 18.7 Å². The summed E-state index contributed by atoms with van der Waals surface area (Å²) in [6, 6.07) is 7.45. The van der Waals surface area contributed by atoms with Crippen LogP contribution in [0, 0.1) is 6.92 Å². The molecule has 0 aliphatic heterocycles. The van der Waals surface area contributed by atoms with Gasteiger partial charge in [0.05, 0.1) is 33.0 Å². The van der Waals surface area contributed by atoms with Crippen LogP contribution in [0.15, 0.2) is 24.3 Å². The van der Waals surface area contributed by atoms with E-state index in [1.165, 1.54) is 0 Å². The zero-order valence-electron chi connectivity index (χ0n) is 16.4. The first-order valence-corrected chi connectivity index (χ1v) is 9.48. The Balaban J connectivity index is 1.88. The number of nitrogens with one attached hydrogen (secondary N) is 2. The molecule has 2 N–H and O–H groups in total. The quantitative estimate of drug-likeness (QED) is 0.452. The van der Waals surface area contributed by atoms with E-state index < -0.39 is 0 Å². The highest BCUT2D eigenvalue weighted by molar-refractivity contribution is 5.94. The molecule has 1 aromatic carbocycles. The van der Waals surface area contributed by atoms with E-state index in [1.54, 1.807) is 6.07 Å². The highest BCUT2D eigenvalue weighted by Gasteiger charge is 2.04. The van der Waals surface area contributed by atoms with Crippen LogP contribution in [0.2, 0.25) is 0 Å². The first-order chi connectivity index (χ1) is 13.1. The van der Waals surface area contributed by atoms with Gasteiger partial charge in [0.2, 0.25) is 5.91 Å². The van der Waals surface area contributed by atoms with Gasteiger partial charge in [-0.25, -0.2) is 0 Å². The van der Waals surface area contributed by atoms with Crippen LogP contribution in [0.5, 0.6) is 0 Å². The molecule has 0 aliphatic rings. The standard InChI is InChI=1S/C20H32N2O5/c1-3-4-8-21-19(23)16-27-14-13-26-12-11-25-10-9-22-20(24)18-7-5-6-17(2)15-18/h5-7,15H,3-4,8-14,16H2,1-2H3,(H,21,23)(H,22,24). The maximum Gasteiger partial charge on any atom is 0.251 e. The summed E-state index contributed by atoms with van der Waals surface area (Å²) in [6.45, 7) is 7.32. The smallest absolute Gasteiger partial charge is 0.251 e. The van der Waals surface area contributed by atoms with Gasteiger partial charge in [-0.1, -0.05) is 31.0 Å². The normalized spacial score (nSPS) is 10.6. The largest absolute Gasteiger partial charge is 0.377 e. The van der Waals surface area contributed by atoms with Gasteiger partial charge in [-0.05, 0) is 25.5 Å². The van der Waals surface area contributed by atoms with Crippen LogP contribution in [0.3, 0.4) is 0 Å². The third kappa shape index (κ3) is 12.1.